The lowest BCUT2D eigenvalue weighted by Gasteiger charge is -2.38. The third-order valence-electron chi connectivity index (χ3n) is 9.95. The van der Waals surface area contributed by atoms with Crippen LogP contribution in [0.25, 0.3) is 0 Å². The van der Waals surface area contributed by atoms with Crippen molar-refractivity contribution in [2.45, 2.75) is 77.7 Å². The molecule has 0 aromatic heterocycles. The minimum Gasteiger partial charge on any atom is -0.359 e. The molecule has 1 aromatic carbocycles. The highest BCUT2D eigenvalue weighted by atomic mass is 35.5. The second-order valence-corrected chi connectivity index (χ2v) is 12.5. The van der Waals surface area contributed by atoms with Gasteiger partial charge in [0.05, 0.1) is 17.9 Å². The molecule has 2 bridgehead atoms. The number of anilines is 1. The maximum atomic E-state index is 14.2. The molecule has 1 saturated carbocycles. The maximum absolute atomic E-state index is 14.2. The third kappa shape index (κ3) is 4.96. The number of halogens is 1. The van der Waals surface area contributed by atoms with Gasteiger partial charge in [-0.05, 0) is 56.0 Å². The van der Waals surface area contributed by atoms with Crippen molar-refractivity contribution in [3.05, 3.63) is 40.9 Å². The lowest BCUT2D eigenvalue weighted by molar-refractivity contribution is -0.141. The fraction of sp³-hybridized carbons (Fsp3) is 0.645. The standard InChI is InChI=1S/C31H43ClN4O4/c1-6-35(7-2)15-16-36-27(29(38)34-23-10-8-9-18(3)20(23)5)31-14-13-24(40-31)25(26(31)30(36)39)28(37)33-21-12-11-19(4)22(32)17-21/h11-14,17-18,20,23-27H,6-10,15-16H2,1-5H3,(H,33,37)(H,34,38)/t18-,20-,23+,24-,25+,26-,27-,31-/m0/s1. The van der Waals surface area contributed by atoms with Gasteiger partial charge in [-0.3, -0.25) is 14.4 Å². The summed E-state index contributed by atoms with van der Waals surface area (Å²) in [6, 6.07) is 4.59. The number of fused-ring (bicyclic) bond motifs is 1. The van der Waals surface area contributed by atoms with Crippen LogP contribution in [0.5, 0.6) is 0 Å². The SMILES string of the molecule is CCN(CC)CCN1C(=O)[C@@H]2[C@H](C(=O)Nc3ccc(C)c(Cl)c3)[C@@H]3C=C[C@@]2(O3)[C@@H]1C(=O)N[C@@H]1CCC[C@H](C)[C@@H]1C. The van der Waals surface area contributed by atoms with E-state index in [0.717, 1.165) is 37.9 Å². The number of carbonyl (C=O) groups is 3. The summed E-state index contributed by atoms with van der Waals surface area (Å²) < 4.78 is 6.49. The molecule has 40 heavy (non-hydrogen) atoms. The van der Waals surface area contributed by atoms with E-state index < -0.39 is 29.6 Å². The average Bonchev–Trinajstić information content (AvgIpc) is 3.57. The van der Waals surface area contributed by atoms with Crippen molar-refractivity contribution >= 4 is 35.0 Å². The lowest BCUT2D eigenvalue weighted by atomic mass is 9.73. The van der Waals surface area contributed by atoms with Crippen LogP contribution in [0.3, 0.4) is 0 Å². The highest BCUT2D eigenvalue weighted by Gasteiger charge is 2.72. The van der Waals surface area contributed by atoms with Gasteiger partial charge in [0.2, 0.25) is 17.7 Å². The zero-order chi connectivity index (χ0) is 28.8. The number of ether oxygens (including phenoxy) is 1. The minimum absolute atomic E-state index is 0.0550. The number of hydrogen-bond donors (Lipinski definition) is 2. The Morgan fingerprint density at radius 2 is 1.93 bits per heavy atom. The Balaban J connectivity index is 1.43. The first-order chi connectivity index (χ1) is 19.1. The molecule has 9 heteroatoms. The van der Waals surface area contributed by atoms with Crippen LogP contribution in [0.2, 0.25) is 5.02 Å². The van der Waals surface area contributed by atoms with E-state index in [1.165, 1.54) is 0 Å². The predicted octanol–water partition coefficient (Wildman–Crippen LogP) is 4.02. The van der Waals surface area contributed by atoms with E-state index in [9.17, 15) is 14.4 Å². The Bertz CT molecular complexity index is 1190. The van der Waals surface area contributed by atoms with Gasteiger partial charge in [-0.2, -0.15) is 0 Å². The largest absolute Gasteiger partial charge is 0.359 e. The van der Waals surface area contributed by atoms with Gasteiger partial charge in [0.25, 0.3) is 0 Å². The van der Waals surface area contributed by atoms with Crippen LogP contribution in [-0.2, 0) is 19.1 Å². The van der Waals surface area contributed by atoms with Gasteiger partial charge in [-0.15, -0.1) is 0 Å². The van der Waals surface area contributed by atoms with E-state index in [4.69, 9.17) is 16.3 Å². The van der Waals surface area contributed by atoms with Crippen molar-refractivity contribution in [1.29, 1.82) is 0 Å². The summed E-state index contributed by atoms with van der Waals surface area (Å²) in [4.78, 5) is 45.9. The number of nitrogens with one attached hydrogen (secondary N) is 2. The second kappa shape index (κ2) is 11.5. The third-order valence-corrected chi connectivity index (χ3v) is 10.4. The van der Waals surface area contributed by atoms with Crippen LogP contribution in [0, 0.1) is 30.6 Å². The highest BCUT2D eigenvalue weighted by Crippen LogP contribution is 2.55. The number of nitrogens with zero attached hydrogens (tertiary/aromatic N) is 2. The van der Waals surface area contributed by atoms with E-state index in [1.807, 2.05) is 25.1 Å². The zero-order valence-electron chi connectivity index (χ0n) is 24.3. The van der Waals surface area contributed by atoms with Crippen LogP contribution >= 0.6 is 11.6 Å². The Kier molecular flexibility index (Phi) is 8.33. The number of hydrogen-bond acceptors (Lipinski definition) is 5. The first-order valence-corrected chi connectivity index (χ1v) is 15.3. The van der Waals surface area contributed by atoms with E-state index in [-0.39, 0.29) is 23.8 Å². The number of benzene rings is 1. The molecular formula is C31H43ClN4O4. The van der Waals surface area contributed by atoms with Crippen LogP contribution in [0.15, 0.2) is 30.4 Å². The molecule has 0 unspecified atom stereocenters. The molecule has 3 aliphatic heterocycles. The Morgan fingerprint density at radius 3 is 2.62 bits per heavy atom. The van der Waals surface area contributed by atoms with Crippen molar-refractivity contribution in [1.82, 2.24) is 15.1 Å². The Morgan fingerprint density at radius 1 is 1.18 bits per heavy atom. The lowest BCUT2D eigenvalue weighted by Crippen LogP contribution is -2.58. The normalized spacial score (nSPS) is 34.4. The van der Waals surface area contributed by atoms with Gasteiger partial charge in [0.1, 0.15) is 11.6 Å². The van der Waals surface area contributed by atoms with E-state index >= 15 is 0 Å². The molecule has 4 aliphatic rings. The highest BCUT2D eigenvalue weighted by molar-refractivity contribution is 6.31. The predicted molar refractivity (Wildman–Crippen MR) is 156 cm³/mol. The fourth-order valence-electron chi connectivity index (χ4n) is 7.24. The molecule has 5 rings (SSSR count). The molecular weight excluding hydrogens is 528 g/mol. The van der Waals surface area contributed by atoms with Crippen LogP contribution in [0.4, 0.5) is 5.69 Å². The number of carbonyl (C=O) groups excluding carboxylic acids is 3. The van der Waals surface area contributed by atoms with Crippen molar-refractivity contribution in [2.24, 2.45) is 23.7 Å². The number of likely N-dealkylation sites (tertiary alicyclic amines) is 1. The number of amides is 3. The van der Waals surface area contributed by atoms with E-state index in [2.05, 4.69) is 43.2 Å². The van der Waals surface area contributed by atoms with Gasteiger partial charge in [-0.25, -0.2) is 0 Å². The second-order valence-electron chi connectivity index (χ2n) is 12.1. The van der Waals surface area contributed by atoms with Gasteiger partial charge in [0, 0.05) is 29.8 Å². The fourth-order valence-corrected chi connectivity index (χ4v) is 7.42. The molecule has 3 fully saturated rings. The summed E-state index contributed by atoms with van der Waals surface area (Å²) in [6.45, 7) is 13.3. The summed E-state index contributed by atoms with van der Waals surface area (Å²) in [5.74, 6) is -1.30. The van der Waals surface area contributed by atoms with Gasteiger partial charge < -0.3 is 25.2 Å². The molecule has 1 aliphatic carbocycles. The summed E-state index contributed by atoms with van der Waals surface area (Å²) in [5, 5.41) is 6.83. The smallest absolute Gasteiger partial charge is 0.246 e. The molecule has 2 N–H and O–H groups in total. The Hall–Kier alpha value is -2.42. The van der Waals surface area contributed by atoms with E-state index in [0.29, 0.717) is 35.6 Å². The van der Waals surface area contributed by atoms with Gasteiger partial charge in [0.15, 0.2) is 0 Å². The van der Waals surface area contributed by atoms with Crippen molar-refractivity contribution in [3.63, 3.8) is 0 Å². The molecule has 0 radical (unpaired) electrons. The first kappa shape index (κ1) is 29.1. The quantitative estimate of drug-likeness (QED) is 0.438. The van der Waals surface area contributed by atoms with Gasteiger partial charge >= 0.3 is 0 Å². The van der Waals surface area contributed by atoms with Crippen molar-refractivity contribution < 1.29 is 19.1 Å². The number of aryl methyl sites for hydroxylation is 1. The molecule has 8 atom stereocenters. The summed E-state index contributed by atoms with van der Waals surface area (Å²) >= 11 is 6.29. The maximum Gasteiger partial charge on any atom is 0.246 e. The molecule has 1 spiro atoms. The number of rotatable bonds is 9. The van der Waals surface area contributed by atoms with E-state index in [1.54, 1.807) is 17.0 Å². The molecule has 1 aromatic rings. The molecule has 3 amide bonds. The van der Waals surface area contributed by atoms with Crippen LogP contribution < -0.4 is 10.6 Å². The average molecular weight is 571 g/mol. The summed E-state index contributed by atoms with van der Waals surface area (Å²) in [5.41, 5.74) is 0.320. The van der Waals surface area contributed by atoms with Crippen molar-refractivity contribution in [2.75, 3.05) is 31.5 Å². The first-order valence-electron chi connectivity index (χ1n) is 14.9. The van der Waals surface area contributed by atoms with Crippen molar-refractivity contribution in [3.8, 4) is 0 Å². The summed E-state index contributed by atoms with van der Waals surface area (Å²) in [7, 11) is 0. The molecule has 218 valence electrons. The van der Waals surface area contributed by atoms with Gasteiger partial charge in [-0.1, -0.05) is 70.4 Å². The molecule has 2 saturated heterocycles. The zero-order valence-corrected chi connectivity index (χ0v) is 25.0. The molecule has 8 nitrogen and oxygen atoms in total. The number of likely N-dealkylation sites (N-methyl/N-ethyl adjacent to an activating group) is 1. The topological polar surface area (TPSA) is 91.0 Å². The monoisotopic (exact) mass is 570 g/mol. The Labute approximate surface area is 242 Å². The summed E-state index contributed by atoms with van der Waals surface area (Å²) in [6.07, 6.45) is 6.33. The minimum atomic E-state index is -1.16. The van der Waals surface area contributed by atoms with Crippen LogP contribution in [-0.4, -0.2) is 77.5 Å². The molecule has 3 heterocycles. The van der Waals surface area contributed by atoms with Crippen LogP contribution in [0.1, 0.15) is 52.5 Å².